The molecule has 0 aliphatic carbocycles. The minimum atomic E-state index is -0.751. The number of benzene rings is 2. The van der Waals surface area contributed by atoms with Crippen molar-refractivity contribution in [3.05, 3.63) is 77.2 Å². The van der Waals surface area contributed by atoms with Gasteiger partial charge in [0.2, 0.25) is 0 Å². The largest absolute Gasteiger partial charge is 0.481 e. The van der Waals surface area contributed by atoms with E-state index in [1.165, 1.54) is 24.3 Å². The second-order valence-electron chi connectivity index (χ2n) is 5.70. The molecule has 0 saturated heterocycles. The van der Waals surface area contributed by atoms with Gasteiger partial charge in [-0.05, 0) is 48.9 Å². The maximum atomic E-state index is 12.9. The van der Waals surface area contributed by atoms with Crippen molar-refractivity contribution in [1.29, 1.82) is 0 Å². The number of ether oxygens (including phenoxy) is 1. The van der Waals surface area contributed by atoms with Crippen LogP contribution in [0.15, 0.2) is 60.8 Å². The van der Waals surface area contributed by atoms with E-state index in [1.54, 1.807) is 36.0 Å². The van der Waals surface area contributed by atoms with Crippen molar-refractivity contribution in [2.24, 2.45) is 0 Å². The molecular formula is C19H17ClFN3O2. The zero-order chi connectivity index (χ0) is 18.5. The van der Waals surface area contributed by atoms with Gasteiger partial charge in [0.15, 0.2) is 6.10 Å². The van der Waals surface area contributed by atoms with Crippen LogP contribution in [-0.4, -0.2) is 21.8 Å². The maximum Gasteiger partial charge on any atom is 0.266 e. The summed E-state index contributed by atoms with van der Waals surface area (Å²) in [6.45, 7) is 2.12. The van der Waals surface area contributed by atoms with E-state index in [4.69, 9.17) is 16.3 Å². The number of amides is 1. The molecule has 0 aliphatic heterocycles. The van der Waals surface area contributed by atoms with Gasteiger partial charge in [-0.15, -0.1) is 0 Å². The Bertz CT molecular complexity index is 879. The number of carbonyl (C=O) groups is 1. The molecule has 0 radical (unpaired) electrons. The minimum absolute atomic E-state index is 0.327. The van der Waals surface area contributed by atoms with Crippen LogP contribution in [0.5, 0.6) is 5.75 Å². The molecule has 5 nitrogen and oxygen atoms in total. The van der Waals surface area contributed by atoms with Crippen LogP contribution in [-0.2, 0) is 11.3 Å². The van der Waals surface area contributed by atoms with E-state index in [0.717, 1.165) is 5.56 Å². The molecule has 2 aromatic carbocycles. The van der Waals surface area contributed by atoms with Crippen molar-refractivity contribution in [2.75, 3.05) is 5.32 Å². The zero-order valence-electron chi connectivity index (χ0n) is 14.0. The number of halogens is 2. The molecule has 1 N–H and O–H groups in total. The fourth-order valence-corrected chi connectivity index (χ4v) is 2.45. The van der Waals surface area contributed by atoms with Gasteiger partial charge in [0.05, 0.1) is 12.7 Å². The van der Waals surface area contributed by atoms with E-state index in [1.807, 2.05) is 12.1 Å². The molecule has 134 valence electrons. The summed E-state index contributed by atoms with van der Waals surface area (Å²) in [6, 6.07) is 14.6. The number of nitrogens with one attached hydrogen (secondary N) is 1. The molecule has 3 rings (SSSR count). The quantitative estimate of drug-likeness (QED) is 0.706. The fraction of sp³-hybridized carbons (Fsp3) is 0.158. The normalized spacial score (nSPS) is 11.8. The number of carbonyl (C=O) groups excluding carboxylic acids is 1. The summed E-state index contributed by atoms with van der Waals surface area (Å²) >= 11 is 5.89. The summed E-state index contributed by atoms with van der Waals surface area (Å²) in [5.41, 5.74) is 1.00. The molecule has 0 spiro atoms. The summed E-state index contributed by atoms with van der Waals surface area (Å²) in [7, 11) is 0. The van der Waals surface area contributed by atoms with E-state index in [0.29, 0.717) is 23.1 Å². The van der Waals surface area contributed by atoms with Crippen LogP contribution < -0.4 is 10.1 Å². The standard InChI is InChI=1S/C19H17ClFN3O2/c1-13(26-17-8-6-16(21)7-9-17)19(25)23-18-10-11-22-24(18)12-14-2-4-15(20)5-3-14/h2-11,13H,12H2,1H3,(H,23,25)/t13-/m1/s1. The predicted molar refractivity (Wildman–Crippen MR) is 97.9 cm³/mol. The lowest BCUT2D eigenvalue weighted by molar-refractivity contribution is -0.122. The Morgan fingerprint density at radius 2 is 1.88 bits per heavy atom. The molecular weight excluding hydrogens is 357 g/mol. The van der Waals surface area contributed by atoms with Crippen LogP contribution in [0, 0.1) is 5.82 Å². The van der Waals surface area contributed by atoms with E-state index in [2.05, 4.69) is 10.4 Å². The average Bonchev–Trinajstić information content (AvgIpc) is 3.05. The van der Waals surface area contributed by atoms with Crippen LogP contribution in [0.1, 0.15) is 12.5 Å². The number of hydrogen-bond donors (Lipinski definition) is 1. The number of rotatable bonds is 6. The molecule has 1 amide bonds. The lowest BCUT2D eigenvalue weighted by atomic mass is 10.2. The first-order valence-corrected chi connectivity index (χ1v) is 8.38. The Balaban J connectivity index is 1.63. The molecule has 1 atom stereocenters. The van der Waals surface area contributed by atoms with Gasteiger partial charge >= 0.3 is 0 Å². The SMILES string of the molecule is C[C@@H](Oc1ccc(F)cc1)C(=O)Nc1ccnn1Cc1ccc(Cl)cc1. The third-order valence-electron chi connectivity index (χ3n) is 3.71. The molecule has 0 fully saturated rings. The molecule has 0 unspecified atom stereocenters. The Hall–Kier alpha value is -2.86. The van der Waals surface area contributed by atoms with Crippen LogP contribution in [0.2, 0.25) is 5.02 Å². The molecule has 1 heterocycles. The van der Waals surface area contributed by atoms with E-state index < -0.39 is 6.10 Å². The summed E-state index contributed by atoms with van der Waals surface area (Å²) in [6.07, 6.45) is 0.858. The molecule has 0 bridgehead atoms. The van der Waals surface area contributed by atoms with Crippen molar-refractivity contribution in [1.82, 2.24) is 9.78 Å². The molecule has 26 heavy (non-hydrogen) atoms. The summed E-state index contributed by atoms with van der Waals surface area (Å²) in [5.74, 6) is 0.288. The Labute approximate surface area is 155 Å². The van der Waals surface area contributed by atoms with Crippen molar-refractivity contribution in [3.8, 4) is 5.75 Å². The van der Waals surface area contributed by atoms with E-state index in [-0.39, 0.29) is 11.7 Å². The van der Waals surface area contributed by atoms with Gasteiger partial charge in [0, 0.05) is 11.1 Å². The van der Waals surface area contributed by atoms with Crippen LogP contribution in [0.4, 0.5) is 10.2 Å². The highest BCUT2D eigenvalue weighted by Gasteiger charge is 2.17. The third-order valence-corrected chi connectivity index (χ3v) is 3.96. The maximum absolute atomic E-state index is 12.9. The van der Waals surface area contributed by atoms with E-state index in [9.17, 15) is 9.18 Å². The zero-order valence-corrected chi connectivity index (χ0v) is 14.8. The van der Waals surface area contributed by atoms with Gasteiger partial charge in [-0.2, -0.15) is 5.10 Å². The number of hydrogen-bond acceptors (Lipinski definition) is 3. The van der Waals surface area contributed by atoms with Gasteiger partial charge in [-0.25, -0.2) is 9.07 Å². The Kier molecular flexibility index (Phi) is 5.53. The van der Waals surface area contributed by atoms with Crippen LogP contribution >= 0.6 is 11.6 Å². The second kappa shape index (κ2) is 8.01. The fourth-order valence-electron chi connectivity index (χ4n) is 2.33. The summed E-state index contributed by atoms with van der Waals surface area (Å²) in [5, 5.41) is 7.68. The first-order valence-electron chi connectivity index (χ1n) is 8.00. The van der Waals surface area contributed by atoms with Gasteiger partial charge in [-0.1, -0.05) is 23.7 Å². The first-order chi connectivity index (χ1) is 12.5. The highest BCUT2D eigenvalue weighted by Crippen LogP contribution is 2.16. The summed E-state index contributed by atoms with van der Waals surface area (Å²) in [4.78, 5) is 12.4. The van der Waals surface area contributed by atoms with Crippen LogP contribution in [0.25, 0.3) is 0 Å². The van der Waals surface area contributed by atoms with Crippen molar-refractivity contribution in [3.63, 3.8) is 0 Å². The highest BCUT2D eigenvalue weighted by molar-refractivity contribution is 6.30. The molecule has 1 aromatic heterocycles. The van der Waals surface area contributed by atoms with Crippen molar-refractivity contribution >= 4 is 23.3 Å². The third kappa shape index (κ3) is 4.61. The molecule has 7 heteroatoms. The summed E-state index contributed by atoms with van der Waals surface area (Å²) < 4.78 is 20.1. The highest BCUT2D eigenvalue weighted by atomic mass is 35.5. The van der Waals surface area contributed by atoms with Crippen molar-refractivity contribution < 1.29 is 13.9 Å². The lowest BCUT2D eigenvalue weighted by Crippen LogP contribution is -2.31. The topological polar surface area (TPSA) is 56.1 Å². The minimum Gasteiger partial charge on any atom is -0.481 e. The second-order valence-corrected chi connectivity index (χ2v) is 6.14. The van der Waals surface area contributed by atoms with Gasteiger partial charge in [0.25, 0.3) is 5.91 Å². The number of nitrogens with zero attached hydrogens (tertiary/aromatic N) is 2. The van der Waals surface area contributed by atoms with Gasteiger partial charge in [-0.3, -0.25) is 4.79 Å². The molecule has 0 aliphatic rings. The number of aromatic nitrogens is 2. The van der Waals surface area contributed by atoms with Gasteiger partial charge < -0.3 is 10.1 Å². The van der Waals surface area contributed by atoms with Gasteiger partial charge in [0.1, 0.15) is 17.4 Å². The van der Waals surface area contributed by atoms with E-state index >= 15 is 0 Å². The number of anilines is 1. The van der Waals surface area contributed by atoms with Crippen molar-refractivity contribution in [2.45, 2.75) is 19.6 Å². The Morgan fingerprint density at radius 1 is 1.19 bits per heavy atom. The van der Waals surface area contributed by atoms with Crippen LogP contribution in [0.3, 0.4) is 0 Å². The Morgan fingerprint density at radius 3 is 2.58 bits per heavy atom. The smallest absolute Gasteiger partial charge is 0.266 e. The first kappa shape index (κ1) is 17.9. The predicted octanol–water partition coefficient (Wildman–Crippen LogP) is 4.13. The molecule has 3 aromatic rings. The average molecular weight is 374 g/mol. The lowest BCUT2D eigenvalue weighted by Gasteiger charge is -2.15. The monoisotopic (exact) mass is 373 g/mol. The molecule has 0 saturated carbocycles.